The fraction of sp³-hybridized carbons (Fsp3) is 0.409. The van der Waals surface area contributed by atoms with Crippen LogP contribution in [0.1, 0.15) is 65.5 Å². The Morgan fingerprint density at radius 2 is 1.80 bits per heavy atom. The average Bonchev–Trinajstić information content (AvgIpc) is 2.55. The van der Waals surface area contributed by atoms with Crippen molar-refractivity contribution >= 4 is 22.8 Å². The second kappa shape index (κ2) is 8.28. The third-order valence-corrected chi connectivity index (χ3v) is 3.76. The lowest BCUT2D eigenvalue weighted by Gasteiger charge is -2.19. The van der Waals surface area contributed by atoms with Gasteiger partial charge in [0.2, 0.25) is 0 Å². The first kappa shape index (κ1) is 20.9. The van der Waals surface area contributed by atoms with Crippen LogP contribution in [0, 0.1) is 11.2 Å². The number of carbonyl (C=O) groups excluding carboxylic acids is 1. The minimum absolute atomic E-state index is 0.159. The van der Waals surface area contributed by atoms with Crippen molar-refractivity contribution < 1.29 is 13.9 Å². The molecule has 0 fully saturated rings. The summed E-state index contributed by atoms with van der Waals surface area (Å²) < 4.78 is 19.6. The molecule has 0 radical (unpaired) electrons. The van der Waals surface area contributed by atoms with Gasteiger partial charge in [0.15, 0.2) is 0 Å². The highest BCUT2D eigenvalue weighted by Crippen LogP contribution is 2.35. The highest BCUT2D eigenvalue weighted by molar-refractivity contribution is 5.95. The van der Waals surface area contributed by atoms with E-state index in [1.807, 2.05) is 54.5 Å². The van der Waals surface area contributed by atoms with Crippen LogP contribution in [0.5, 0.6) is 5.75 Å². The quantitative estimate of drug-likeness (QED) is 0.456. The Labute approximate surface area is 150 Å². The molecule has 0 aliphatic carbocycles. The van der Waals surface area contributed by atoms with E-state index in [0.717, 1.165) is 16.3 Å². The van der Waals surface area contributed by atoms with Gasteiger partial charge in [-0.2, -0.15) is 0 Å². The zero-order chi connectivity index (χ0) is 19.4. The Balaban J connectivity index is 0.00000151. The standard InChI is InChI=1S/C20H23FO2.C2H6/c1-7-15-17(21)9-8-13-10-14(23-19(22)20(4,5)6)11-16(12(2)3)18(13)15;1-2/h7-12H,1H2,2-6H3;1-2H3. The summed E-state index contributed by atoms with van der Waals surface area (Å²) in [5.41, 5.74) is 0.843. The van der Waals surface area contributed by atoms with Crippen LogP contribution in [-0.4, -0.2) is 5.97 Å². The van der Waals surface area contributed by atoms with E-state index in [9.17, 15) is 9.18 Å². The van der Waals surface area contributed by atoms with Gasteiger partial charge in [-0.25, -0.2) is 4.39 Å². The van der Waals surface area contributed by atoms with Gasteiger partial charge in [0.1, 0.15) is 11.6 Å². The summed E-state index contributed by atoms with van der Waals surface area (Å²) in [4.78, 5) is 12.1. The topological polar surface area (TPSA) is 26.3 Å². The van der Waals surface area contributed by atoms with Gasteiger partial charge in [-0.1, -0.05) is 46.4 Å². The molecular weight excluding hydrogens is 315 g/mol. The summed E-state index contributed by atoms with van der Waals surface area (Å²) in [6.45, 7) is 17.2. The third kappa shape index (κ3) is 4.68. The van der Waals surface area contributed by atoms with E-state index < -0.39 is 5.41 Å². The van der Waals surface area contributed by atoms with Crippen LogP contribution in [-0.2, 0) is 4.79 Å². The first-order valence-corrected chi connectivity index (χ1v) is 8.76. The summed E-state index contributed by atoms with van der Waals surface area (Å²) in [7, 11) is 0. The van der Waals surface area contributed by atoms with Gasteiger partial charge in [0.25, 0.3) is 0 Å². The second-order valence-electron chi connectivity index (χ2n) is 7.07. The van der Waals surface area contributed by atoms with Crippen LogP contribution in [0.2, 0.25) is 0 Å². The molecule has 0 unspecified atom stereocenters. The molecule has 2 rings (SSSR count). The number of carbonyl (C=O) groups is 1. The van der Waals surface area contributed by atoms with Crippen molar-refractivity contribution in [2.75, 3.05) is 0 Å². The summed E-state index contributed by atoms with van der Waals surface area (Å²) in [6.07, 6.45) is 1.53. The number of hydrogen-bond acceptors (Lipinski definition) is 2. The van der Waals surface area contributed by atoms with E-state index in [2.05, 4.69) is 6.58 Å². The van der Waals surface area contributed by atoms with E-state index in [4.69, 9.17) is 4.74 Å². The lowest BCUT2D eigenvalue weighted by atomic mass is 9.92. The predicted octanol–water partition coefficient (Wildman–Crippen LogP) is 6.72. The van der Waals surface area contributed by atoms with Gasteiger partial charge < -0.3 is 4.74 Å². The van der Waals surface area contributed by atoms with Crippen molar-refractivity contribution in [3.8, 4) is 5.75 Å². The first-order chi connectivity index (χ1) is 11.6. The Kier molecular flexibility index (Phi) is 6.92. The molecule has 2 aromatic rings. The van der Waals surface area contributed by atoms with Crippen molar-refractivity contribution in [2.45, 2.75) is 54.4 Å². The van der Waals surface area contributed by atoms with Gasteiger partial charge in [-0.3, -0.25) is 4.79 Å². The van der Waals surface area contributed by atoms with Crippen molar-refractivity contribution in [3.63, 3.8) is 0 Å². The first-order valence-electron chi connectivity index (χ1n) is 8.76. The molecule has 0 saturated carbocycles. The van der Waals surface area contributed by atoms with Crippen molar-refractivity contribution in [1.82, 2.24) is 0 Å². The number of rotatable bonds is 3. The lowest BCUT2D eigenvalue weighted by Crippen LogP contribution is -2.25. The minimum atomic E-state index is -0.581. The van der Waals surface area contributed by atoms with Gasteiger partial charge in [-0.05, 0) is 61.2 Å². The van der Waals surface area contributed by atoms with Crippen LogP contribution < -0.4 is 4.74 Å². The normalized spacial score (nSPS) is 11.1. The molecule has 2 aromatic carbocycles. The number of halogens is 1. The van der Waals surface area contributed by atoms with Gasteiger partial charge in [-0.15, -0.1) is 0 Å². The van der Waals surface area contributed by atoms with Gasteiger partial charge in [0, 0.05) is 5.56 Å². The maximum absolute atomic E-state index is 14.1. The predicted molar refractivity (Wildman–Crippen MR) is 105 cm³/mol. The van der Waals surface area contributed by atoms with Gasteiger partial charge >= 0.3 is 5.97 Å². The molecule has 0 atom stereocenters. The highest BCUT2D eigenvalue weighted by Gasteiger charge is 2.24. The average molecular weight is 344 g/mol. The SMILES string of the molecule is C=Cc1c(F)ccc2cc(OC(=O)C(C)(C)C)cc(C(C)C)c12.CC. The largest absolute Gasteiger partial charge is 0.426 e. The van der Waals surface area contributed by atoms with Crippen LogP contribution in [0.15, 0.2) is 30.8 Å². The fourth-order valence-corrected chi connectivity index (χ4v) is 2.45. The Morgan fingerprint density at radius 3 is 2.28 bits per heavy atom. The van der Waals surface area contributed by atoms with E-state index in [1.54, 1.807) is 12.1 Å². The number of ether oxygens (including phenoxy) is 1. The van der Waals surface area contributed by atoms with E-state index in [-0.39, 0.29) is 17.7 Å². The molecule has 25 heavy (non-hydrogen) atoms. The number of hydrogen-bond donors (Lipinski definition) is 0. The molecule has 0 saturated heterocycles. The summed E-state index contributed by atoms with van der Waals surface area (Å²) in [6, 6.07) is 6.72. The molecule has 0 aliphatic heterocycles. The van der Waals surface area contributed by atoms with Crippen molar-refractivity contribution in [3.05, 3.63) is 47.8 Å². The third-order valence-electron chi connectivity index (χ3n) is 3.76. The molecule has 0 N–H and O–H groups in total. The van der Waals surface area contributed by atoms with Crippen molar-refractivity contribution in [2.24, 2.45) is 5.41 Å². The molecule has 3 heteroatoms. The maximum Gasteiger partial charge on any atom is 0.316 e. The Hall–Kier alpha value is -2.16. The molecule has 136 valence electrons. The summed E-state index contributed by atoms with van der Waals surface area (Å²) in [5.74, 6) is 0.0560. The van der Waals surface area contributed by atoms with Crippen LogP contribution in [0.25, 0.3) is 16.8 Å². The second-order valence-corrected chi connectivity index (χ2v) is 7.07. The fourth-order valence-electron chi connectivity index (χ4n) is 2.45. The molecule has 0 bridgehead atoms. The molecule has 0 aromatic heterocycles. The van der Waals surface area contributed by atoms with E-state index in [1.165, 1.54) is 12.1 Å². The zero-order valence-corrected chi connectivity index (χ0v) is 16.4. The Bertz CT molecular complexity index is 768. The molecule has 0 aliphatic rings. The molecule has 0 amide bonds. The van der Waals surface area contributed by atoms with Gasteiger partial charge in [0.05, 0.1) is 5.41 Å². The monoisotopic (exact) mass is 344 g/mol. The van der Waals surface area contributed by atoms with E-state index >= 15 is 0 Å². The number of fused-ring (bicyclic) bond motifs is 1. The number of esters is 1. The molecule has 0 spiro atoms. The molecule has 2 nitrogen and oxygen atoms in total. The maximum atomic E-state index is 14.1. The summed E-state index contributed by atoms with van der Waals surface area (Å²) in [5, 5.41) is 1.66. The van der Waals surface area contributed by atoms with Crippen molar-refractivity contribution in [1.29, 1.82) is 0 Å². The number of benzene rings is 2. The van der Waals surface area contributed by atoms with Crippen LogP contribution >= 0.6 is 0 Å². The van der Waals surface area contributed by atoms with E-state index in [0.29, 0.717) is 11.3 Å². The Morgan fingerprint density at radius 1 is 1.20 bits per heavy atom. The molecule has 0 heterocycles. The summed E-state index contributed by atoms with van der Waals surface area (Å²) >= 11 is 0. The highest BCUT2D eigenvalue weighted by atomic mass is 19.1. The smallest absolute Gasteiger partial charge is 0.316 e. The zero-order valence-electron chi connectivity index (χ0n) is 16.4. The minimum Gasteiger partial charge on any atom is -0.426 e. The molecular formula is C22H29FO2. The van der Waals surface area contributed by atoms with Crippen LogP contribution in [0.3, 0.4) is 0 Å². The van der Waals surface area contributed by atoms with Crippen LogP contribution in [0.4, 0.5) is 4.39 Å². The lowest BCUT2D eigenvalue weighted by molar-refractivity contribution is -0.142.